The van der Waals surface area contributed by atoms with Crippen molar-refractivity contribution in [1.82, 2.24) is 5.32 Å². The first-order chi connectivity index (χ1) is 13.7. The molecule has 2 rings (SSSR count). The summed E-state index contributed by atoms with van der Waals surface area (Å²) in [6, 6.07) is 13.7. The highest BCUT2D eigenvalue weighted by atomic mass is 16.5. The highest BCUT2D eigenvalue weighted by Gasteiger charge is 2.14. The van der Waals surface area contributed by atoms with Gasteiger partial charge in [0.2, 0.25) is 0 Å². The summed E-state index contributed by atoms with van der Waals surface area (Å²) in [5, 5.41) is 5.53. The summed E-state index contributed by atoms with van der Waals surface area (Å²) in [6.45, 7) is 4.34. The molecule has 0 atom stereocenters. The number of nitrogens with one attached hydrogen (secondary N) is 2. The summed E-state index contributed by atoms with van der Waals surface area (Å²) in [6.07, 6.45) is 0. The van der Waals surface area contributed by atoms with Crippen LogP contribution in [-0.2, 0) is 9.47 Å². The molecule has 7 nitrogen and oxygen atoms in total. The monoisotopic (exact) mass is 386 g/mol. The van der Waals surface area contributed by atoms with Gasteiger partial charge in [-0.25, -0.2) is 0 Å². The molecule has 150 valence electrons. The third-order valence-corrected chi connectivity index (χ3v) is 3.83. The van der Waals surface area contributed by atoms with Crippen LogP contribution in [0, 0.1) is 0 Å². The van der Waals surface area contributed by atoms with Crippen molar-refractivity contribution < 1.29 is 23.8 Å². The van der Waals surface area contributed by atoms with Crippen LogP contribution >= 0.6 is 0 Å². The summed E-state index contributed by atoms with van der Waals surface area (Å²) in [5.74, 6) is 0.0816. The van der Waals surface area contributed by atoms with E-state index < -0.39 is 0 Å². The fraction of sp³-hybridized carbons (Fsp3) is 0.333. The van der Waals surface area contributed by atoms with Crippen molar-refractivity contribution >= 4 is 17.5 Å². The fourth-order valence-corrected chi connectivity index (χ4v) is 2.41. The highest BCUT2D eigenvalue weighted by molar-refractivity contribution is 6.09. The topological polar surface area (TPSA) is 85.9 Å². The van der Waals surface area contributed by atoms with Gasteiger partial charge in [0, 0.05) is 25.8 Å². The number of benzene rings is 2. The van der Waals surface area contributed by atoms with Crippen molar-refractivity contribution in [3.8, 4) is 5.75 Å². The zero-order chi connectivity index (χ0) is 20.2. The Balaban J connectivity index is 1.98. The SMILES string of the molecule is CCOCCOc1ccc(C(=O)Nc2ccccc2C(=O)NCCOC)cc1. The third-order valence-electron chi connectivity index (χ3n) is 3.83. The van der Waals surface area contributed by atoms with Gasteiger partial charge < -0.3 is 24.8 Å². The zero-order valence-electron chi connectivity index (χ0n) is 16.2. The molecule has 0 heterocycles. The van der Waals surface area contributed by atoms with Crippen LogP contribution in [0.25, 0.3) is 0 Å². The number of hydrogen-bond acceptors (Lipinski definition) is 5. The normalized spacial score (nSPS) is 10.4. The molecule has 0 bridgehead atoms. The first-order valence-corrected chi connectivity index (χ1v) is 9.13. The molecule has 2 amide bonds. The molecule has 2 N–H and O–H groups in total. The molecule has 0 aliphatic heterocycles. The Bertz CT molecular complexity index is 762. The highest BCUT2D eigenvalue weighted by Crippen LogP contribution is 2.18. The minimum atomic E-state index is -0.307. The predicted molar refractivity (Wildman–Crippen MR) is 107 cm³/mol. The Labute approximate surface area is 165 Å². The lowest BCUT2D eigenvalue weighted by Crippen LogP contribution is -2.28. The molecule has 0 spiro atoms. The van der Waals surface area contributed by atoms with Crippen molar-refractivity contribution in [3.63, 3.8) is 0 Å². The number of carbonyl (C=O) groups is 2. The number of amides is 2. The van der Waals surface area contributed by atoms with Crippen LogP contribution in [0.5, 0.6) is 5.75 Å². The number of hydrogen-bond donors (Lipinski definition) is 2. The van der Waals surface area contributed by atoms with E-state index >= 15 is 0 Å². The lowest BCUT2D eigenvalue weighted by atomic mass is 10.1. The lowest BCUT2D eigenvalue weighted by Gasteiger charge is -2.12. The van der Waals surface area contributed by atoms with E-state index in [9.17, 15) is 9.59 Å². The van der Waals surface area contributed by atoms with Gasteiger partial charge in [-0.3, -0.25) is 9.59 Å². The van der Waals surface area contributed by atoms with E-state index in [1.165, 1.54) is 0 Å². The Morgan fingerprint density at radius 3 is 2.39 bits per heavy atom. The molecular weight excluding hydrogens is 360 g/mol. The Hall–Kier alpha value is -2.90. The average molecular weight is 386 g/mol. The number of para-hydroxylation sites is 1. The van der Waals surface area contributed by atoms with E-state index in [1.807, 2.05) is 6.92 Å². The second-order valence-electron chi connectivity index (χ2n) is 5.82. The molecule has 0 fully saturated rings. The molecule has 0 saturated heterocycles. The van der Waals surface area contributed by atoms with E-state index in [4.69, 9.17) is 14.2 Å². The molecular formula is C21H26N2O5. The van der Waals surface area contributed by atoms with Gasteiger partial charge in [-0.1, -0.05) is 12.1 Å². The Morgan fingerprint density at radius 1 is 0.929 bits per heavy atom. The van der Waals surface area contributed by atoms with Crippen molar-refractivity contribution in [2.75, 3.05) is 45.4 Å². The number of anilines is 1. The lowest BCUT2D eigenvalue weighted by molar-refractivity contribution is 0.0938. The van der Waals surface area contributed by atoms with Crippen LogP contribution in [0.15, 0.2) is 48.5 Å². The summed E-state index contributed by atoms with van der Waals surface area (Å²) < 4.78 is 15.7. The van der Waals surface area contributed by atoms with Gasteiger partial charge in [-0.15, -0.1) is 0 Å². The molecule has 2 aromatic carbocycles. The summed E-state index contributed by atoms with van der Waals surface area (Å²) in [4.78, 5) is 24.8. The second kappa shape index (κ2) is 11.7. The van der Waals surface area contributed by atoms with E-state index in [1.54, 1.807) is 55.6 Å². The van der Waals surface area contributed by atoms with Crippen LogP contribution in [0.1, 0.15) is 27.6 Å². The molecule has 0 aliphatic rings. The van der Waals surface area contributed by atoms with Gasteiger partial charge in [0.15, 0.2) is 0 Å². The maximum Gasteiger partial charge on any atom is 0.255 e. The van der Waals surface area contributed by atoms with Gasteiger partial charge in [-0.05, 0) is 43.3 Å². The summed E-state index contributed by atoms with van der Waals surface area (Å²) in [7, 11) is 1.57. The molecule has 2 aromatic rings. The minimum absolute atomic E-state index is 0.272. The Kier molecular flexibility index (Phi) is 8.97. The maximum absolute atomic E-state index is 12.5. The van der Waals surface area contributed by atoms with E-state index in [0.29, 0.717) is 55.5 Å². The first-order valence-electron chi connectivity index (χ1n) is 9.13. The number of ether oxygens (including phenoxy) is 3. The van der Waals surface area contributed by atoms with Crippen molar-refractivity contribution in [3.05, 3.63) is 59.7 Å². The number of carbonyl (C=O) groups excluding carboxylic acids is 2. The molecule has 0 aromatic heterocycles. The molecule has 0 radical (unpaired) electrons. The van der Waals surface area contributed by atoms with Gasteiger partial charge in [0.05, 0.1) is 24.5 Å². The van der Waals surface area contributed by atoms with Crippen LogP contribution in [0.4, 0.5) is 5.69 Å². The first kappa shape index (κ1) is 21.4. The van der Waals surface area contributed by atoms with Crippen molar-refractivity contribution in [2.24, 2.45) is 0 Å². The Morgan fingerprint density at radius 2 is 1.68 bits per heavy atom. The second-order valence-corrected chi connectivity index (χ2v) is 5.82. The summed E-state index contributed by atoms with van der Waals surface area (Å²) >= 11 is 0. The van der Waals surface area contributed by atoms with E-state index in [2.05, 4.69) is 10.6 Å². The van der Waals surface area contributed by atoms with Crippen LogP contribution in [0.3, 0.4) is 0 Å². The minimum Gasteiger partial charge on any atom is -0.491 e. The van der Waals surface area contributed by atoms with Crippen LogP contribution in [-0.4, -0.2) is 51.9 Å². The molecule has 0 aliphatic carbocycles. The zero-order valence-corrected chi connectivity index (χ0v) is 16.2. The number of methoxy groups -OCH3 is 1. The quantitative estimate of drug-likeness (QED) is 0.580. The number of rotatable bonds is 11. The smallest absolute Gasteiger partial charge is 0.255 e. The molecule has 0 unspecified atom stereocenters. The van der Waals surface area contributed by atoms with Crippen molar-refractivity contribution in [2.45, 2.75) is 6.92 Å². The third kappa shape index (κ3) is 6.68. The maximum atomic E-state index is 12.5. The standard InChI is InChI=1S/C21H26N2O5/c1-3-27-14-15-28-17-10-8-16(9-11-17)20(24)23-19-7-5-4-6-18(19)21(25)22-12-13-26-2/h4-11H,3,12-15H2,1-2H3,(H,22,25)(H,23,24). The predicted octanol–water partition coefficient (Wildman–Crippen LogP) is 2.73. The van der Waals surface area contributed by atoms with Gasteiger partial charge in [-0.2, -0.15) is 0 Å². The fourth-order valence-electron chi connectivity index (χ4n) is 2.41. The van der Waals surface area contributed by atoms with Crippen LogP contribution in [0.2, 0.25) is 0 Å². The molecule has 0 saturated carbocycles. The summed E-state index contributed by atoms with van der Waals surface area (Å²) in [5.41, 5.74) is 1.30. The van der Waals surface area contributed by atoms with Crippen molar-refractivity contribution in [1.29, 1.82) is 0 Å². The van der Waals surface area contributed by atoms with Crippen LogP contribution < -0.4 is 15.4 Å². The van der Waals surface area contributed by atoms with E-state index in [0.717, 1.165) is 0 Å². The van der Waals surface area contributed by atoms with Gasteiger partial charge in [0.25, 0.3) is 11.8 Å². The molecule has 28 heavy (non-hydrogen) atoms. The average Bonchev–Trinajstić information content (AvgIpc) is 2.72. The largest absolute Gasteiger partial charge is 0.491 e. The van der Waals surface area contributed by atoms with Gasteiger partial charge >= 0.3 is 0 Å². The molecule has 7 heteroatoms. The van der Waals surface area contributed by atoms with E-state index in [-0.39, 0.29) is 11.8 Å². The van der Waals surface area contributed by atoms with Gasteiger partial charge in [0.1, 0.15) is 12.4 Å².